The maximum atomic E-state index is 11.8. The number of hydrogen-bond donors (Lipinski definition) is 1. The lowest BCUT2D eigenvalue weighted by atomic mass is 9.95. The fourth-order valence-corrected chi connectivity index (χ4v) is 2.27. The first-order chi connectivity index (χ1) is 8.92. The number of nitrogens with zero attached hydrogens (tertiary/aromatic N) is 1. The predicted molar refractivity (Wildman–Crippen MR) is 64.5 cm³/mol. The zero-order valence-corrected chi connectivity index (χ0v) is 10.9. The van der Waals surface area contributed by atoms with Gasteiger partial charge in [0.1, 0.15) is 6.61 Å². The molecule has 0 aromatic carbocycles. The highest BCUT2D eigenvalue weighted by Crippen LogP contribution is 2.19. The Morgan fingerprint density at radius 3 is 2.79 bits per heavy atom. The van der Waals surface area contributed by atoms with Crippen molar-refractivity contribution in [3.63, 3.8) is 0 Å². The van der Waals surface area contributed by atoms with Crippen LogP contribution in [0.5, 0.6) is 0 Å². The molecule has 1 unspecified atom stereocenters. The van der Waals surface area contributed by atoms with Gasteiger partial charge in [0.2, 0.25) is 5.91 Å². The van der Waals surface area contributed by atoms with Crippen LogP contribution in [0.4, 0.5) is 13.2 Å². The summed E-state index contributed by atoms with van der Waals surface area (Å²) >= 11 is 0. The molecule has 1 saturated heterocycles. The third-order valence-corrected chi connectivity index (χ3v) is 3.17. The van der Waals surface area contributed by atoms with Crippen LogP contribution in [0.2, 0.25) is 0 Å². The second-order valence-corrected chi connectivity index (χ2v) is 4.84. The first kappa shape index (κ1) is 16.2. The highest BCUT2D eigenvalue weighted by atomic mass is 19.4. The Balaban J connectivity index is 2.21. The van der Waals surface area contributed by atoms with Gasteiger partial charge in [-0.05, 0) is 31.7 Å². The van der Waals surface area contributed by atoms with Crippen molar-refractivity contribution >= 4 is 5.91 Å². The van der Waals surface area contributed by atoms with Gasteiger partial charge in [0.25, 0.3) is 0 Å². The molecule has 0 aliphatic carbocycles. The van der Waals surface area contributed by atoms with Crippen molar-refractivity contribution in [3.8, 4) is 0 Å². The largest absolute Gasteiger partial charge is 0.411 e. The smallest absolute Gasteiger partial charge is 0.372 e. The number of carbonyl (C=O) groups is 1. The molecule has 1 fully saturated rings. The summed E-state index contributed by atoms with van der Waals surface area (Å²) in [5.74, 6) is 0.280. The number of piperidine rings is 1. The zero-order valence-electron chi connectivity index (χ0n) is 10.9. The van der Waals surface area contributed by atoms with Crippen molar-refractivity contribution in [2.75, 3.05) is 32.8 Å². The molecule has 1 heterocycles. The average Bonchev–Trinajstić information content (AvgIpc) is 2.34. The first-order valence-electron chi connectivity index (χ1n) is 6.54. The van der Waals surface area contributed by atoms with Gasteiger partial charge in [0.05, 0.1) is 13.0 Å². The van der Waals surface area contributed by atoms with Crippen molar-refractivity contribution in [1.82, 2.24) is 4.90 Å². The molecule has 0 bridgehead atoms. The van der Waals surface area contributed by atoms with E-state index < -0.39 is 12.8 Å². The van der Waals surface area contributed by atoms with E-state index in [9.17, 15) is 18.0 Å². The van der Waals surface area contributed by atoms with Crippen LogP contribution >= 0.6 is 0 Å². The van der Waals surface area contributed by atoms with Crippen LogP contribution in [-0.4, -0.2) is 49.8 Å². The molecule has 1 aliphatic rings. The Labute approximate surface area is 111 Å². The van der Waals surface area contributed by atoms with Gasteiger partial charge in [-0.1, -0.05) is 0 Å². The molecule has 0 radical (unpaired) electrons. The Morgan fingerprint density at radius 2 is 2.16 bits per heavy atom. The van der Waals surface area contributed by atoms with E-state index in [4.69, 9.17) is 5.73 Å². The number of carbonyl (C=O) groups excluding carboxylic acids is 1. The second-order valence-electron chi connectivity index (χ2n) is 4.84. The molecule has 0 spiro atoms. The van der Waals surface area contributed by atoms with E-state index >= 15 is 0 Å². The second kappa shape index (κ2) is 7.69. The molecule has 1 amide bonds. The van der Waals surface area contributed by atoms with Gasteiger partial charge in [-0.15, -0.1) is 0 Å². The van der Waals surface area contributed by atoms with Gasteiger partial charge in [0.15, 0.2) is 0 Å². The van der Waals surface area contributed by atoms with Gasteiger partial charge in [-0.3, -0.25) is 4.79 Å². The molecule has 1 atom stereocenters. The molecular formula is C12H21F3N2O2. The van der Waals surface area contributed by atoms with Crippen molar-refractivity contribution in [3.05, 3.63) is 0 Å². The third-order valence-electron chi connectivity index (χ3n) is 3.17. The number of amides is 1. The van der Waals surface area contributed by atoms with E-state index in [1.54, 1.807) is 4.90 Å². The summed E-state index contributed by atoms with van der Waals surface area (Å²) in [6.45, 7) is 0.461. The average molecular weight is 282 g/mol. The van der Waals surface area contributed by atoms with Crippen molar-refractivity contribution < 1.29 is 22.7 Å². The van der Waals surface area contributed by atoms with Gasteiger partial charge < -0.3 is 15.4 Å². The number of nitrogens with two attached hydrogens (primary N) is 1. The van der Waals surface area contributed by atoms with Gasteiger partial charge >= 0.3 is 6.18 Å². The molecular weight excluding hydrogens is 261 g/mol. The van der Waals surface area contributed by atoms with Crippen LogP contribution in [0.25, 0.3) is 0 Å². The summed E-state index contributed by atoms with van der Waals surface area (Å²) in [5.41, 5.74) is 5.49. The van der Waals surface area contributed by atoms with Crippen LogP contribution in [-0.2, 0) is 9.53 Å². The number of ether oxygens (including phenoxy) is 1. The summed E-state index contributed by atoms with van der Waals surface area (Å²) in [6.07, 6.45) is -1.45. The summed E-state index contributed by atoms with van der Waals surface area (Å²) in [6, 6.07) is 0. The Hall–Kier alpha value is -0.820. The van der Waals surface area contributed by atoms with E-state index in [0.717, 1.165) is 19.3 Å². The fourth-order valence-electron chi connectivity index (χ4n) is 2.27. The molecule has 1 rings (SSSR count). The number of alkyl halides is 3. The SMILES string of the molecule is NCCC1CCCN(C(=O)CCOCC(F)(F)F)C1. The molecule has 0 saturated carbocycles. The highest BCUT2D eigenvalue weighted by molar-refractivity contribution is 5.76. The maximum absolute atomic E-state index is 11.8. The molecule has 0 aromatic rings. The lowest BCUT2D eigenvalue weighted by molar-refractivity contribution is -0.175. The fraction of sp³-hybridized carbons (Fsp3) is 0.917. The summed E-state index contributed by atoms with van der Waals surface area (Å²) in [5, 5.41) is 0. The lowest BCUT2D eigenvalue weighted by Crippen LogP contribution is -2.40. The topological polar surface area (TPSA) is 55.6 Å². The monoisotopic (exact) mass is 282 g/mol. The van der Waals surface area contributed by atoms with Crippen molar-refractivity contribution in [2.45, 2.75) is 31.9 Å². The maximum Gasteiger partial charge on any atom is 0.411 e. The molecule has 112 valence electrons. The molecule has 2 N–H and O–H groups in total. The van der Waals surface area contributed by atoms with Crippen molar-refractivity contribution in [2.24, 2.45) is 11.7 Å². The minimum Gasteiger partial charge on any atom is -0.372 e. The minimum absolute atomic E-state index is 0.00538. The van der Waals surface area contributed by atoms with E-state index in [1.165, 1.54) is 0 Å². The van der Waals surface area contributed by atoms with Gasteiger partial charge in [-0.25, -0.2) is 0 Å². The molecule has 4 nitrogen and oxygen atoms in total. The third kappa shape index (κ3) is 6.77. The molecule has 7 heteroatoms. The Morgan fingerprint density at radius 1 is 1.42 bits per heavy atom. The van der Waals surface area contributed by atoms with E-state index in [2.05, 4.69) is 4.74 Å². The van der Waals surface area contributed by atoms with Crippen LogP contribution < -0.4 is 5.73 Å². The van der Waals surface area contributed by atoms with Gasteiger partial charge in [0, 0.05) is 13.1 Å². The Bertz CT molecular complexity index is 283. The standard InChI is InChI=1S/C12H21F3N2O2/c13-12(14,15)9-19-7-4-11(18)17-6-1-2-10(8-17)3-5-16/h10H,1-9,16H2. The normalized spacial score (nSPS) is 20.6. The number of halogens is 3. The van der Waals surface area contributed by atoms with E-state index in [1.807, 2.05) is 0 Å². The summed E-state index contributed by atoms with van der Waals surface area (Å²) in [7, 11) is 0. The Kier molecular flexibility index (Phi) is 6.57. The van der Waals surface area contributed by atoms with Crippen LogP contribution in [0.1, 0.15) is 25.7 Å². The summed E-state index contributed by atoms with van der Waals surface area (Å²) in [4.78, 5) is 13.5. The molecule has 19 heavy (non-hydrogen) atoms. The molecule has 1 aliphatic heterocycles. The highest BCUT2D eigenvalue weighted by Gasteiger charge is 2.28. The number of hydrogen-bond acceptors (Lipinski definition) is 3. The van der Waals surface area contributed by atoms with Crippen LogP contribution in [0.15, 0.2) is 0 Å². The predicted octanol–water partition coefficient (Wildman–Crippen LogP) is 1.54. The van der Waals surface area contributed by atoms with E-state index in [-0.39, 0.29) is 18.9 Å². The van der Waals surface area contributed by atoms with Gasteiger partial charge in [-0.2, -0.15) is 13.2 Å². The molecule has 0 aromatic heterocycles. The van der Waals surface area contributed by atoms with Crippen molar-refractivity contribution in [1.29, 1.82) is 0 Å². The minimum atomic E-state index is -4.33. The zero-order chi connectivity index (χ0) is 14.3. The van der Waals surface area contributed by atoms with Crippen LogP contribution in [0.3, 0.4) is 0 Å². The summed E-state index contributed by atoms with van der Waals surface area (Å²) < 4.78 is 40.0. The number of rotatable bonds is 6. The van der Waals surface area contributed by atoms with E-state index in [0.29, 0.717) is 25.6 Å². The number of likely N-dealkylation sites (tertiary alicyclic amines) is 1. The first-order valence-corrected chi connectivity index (χ1v) is 6.54. The quantitative estimate of drug-likeness (QED) is 0.752. The van der Waals surface area contributed by atoms with Crippen LogP contribution in [0, 0.1) is 5.92 Å². The lowest BCUT2D eigenvalue weighted by Gasteiger charge is -2.32.